The van der Waals surface area contributed by atoms with Crippen molar-refractivity contribution in [2.75, 3.05) is 0 Å². The summed E-state index contributed by atoms with van der Waals surface area (Å²) in [6.45, 7) is 3.39. The van der Waals surface area contributed by atoms with Gasteiger partial charge in [-0.15, -0.1) is 12.6 Å². The van der Waals surface area contributed by atoms with E-state index in [1.165, 1.54) is 0 Å². The minimum absolute atomic E-state index is 0.00718. The highest BCUT2D eigenvalue weighted by atomic mass is 32.1. The molecule has 0 bridgehead atoms. The summed E-state index contributed by atoms with van der Waals surface area (Å²) in [5.41, 5.74) is 0.957. The van der Waals surface area contributed by atoms with Crippen molar-refractivity contribution >= 4 is 24.4 Å². The molecule has 0 saturated heterocycles. The van der Waals surface area contributed by atoms with Crippen LogP contribution in [0.15, 0.2) is 21.6 Å². The summed E-state index contributed by atoms with van der Waals surface area (Å²) in [5.74, 6) is -1.11. The second kappa shape index (κ2) is 3.68. The quantitative estimate of drug-likeness (QED) is 0.378. The molecule has 72 valence electrons. The maximum absolute atomic E-state index is 11.3. The molecule has 0 radical (unpaired) electrons. The number of allylic oxidation sites excluding steroid dienone is 1. The van der Waals surface area contributed by atoms with Gasteiger partial charge in [0.15, 0.2) is 0 Å². The van der Waals surface area contributed by atoms with Crippen molar-refractivity contribution in [1.29, 1.82) is 5.26 Å². The van der Waals surface area contributed by atoms with Gasteiger partial charge in [-0.05, 0) is 13.8 Å². The van der Waals surface area contributed by atoms with Gasteiger partial charge in [-0.1, -0.05) is 5.57 Å². The third-order valence-corrected chi connectivity index (χ3v) is 2.19. The van der Waals surface area contributed by atoms with Crippen LogP contribution in [0.3, 0.4) is 0 Å². The molecule has 4 nitrogen and oxygen atoms in total. The lowest BCUT2D eigenvalue weighted by Crippen LogP contribution is -2.23. The van der Waals surface area contributed by atoms with Gasteiger partial charge >= 0.3 is 0 Å². The molecular weight excluding hydrogens is 200 g/mol. The molecule has 0 unspecified atom stereocenters. The molecule has 14 heavy (non-hydrogen) atoms. The zero-order valence-corrected chi connectivity index (χ0v) is 8.61. The Labute approximate surface area is 86.7 Å². The molecule has 0 spiro atoms. The van der Waals surface area contributed by atoms with E-state index in [1.807, 2.05) is 6.07 Å². The van der Waals surface area contributed by atoms with E-state index in [-0.39, 0.29) is 16.1 Å². The Hall–Kier alpha value is -1.54. The number of nitriles is 1. The SMILES string of the molecule is CC(C)=C(C#N)C1=C(S)C(=O)NC1=O. The summed E-state index contributed by atoms with van der Waals surface area (Å²) in [4.78, 5) is 22.3. The Bertz CT molecular complexity index is 423. The van der Waals surface area contributed by atoms with Crippen LogP contribution < -0.4 is 5.32 Å². The van der Waals surface area contributed by atoms with E-state index in [0.717, 1.165) is 0 Å². The Morgan fingerprint density at radius 1 is 1.36 bits per heavy atom. The number of thiol groups is 1. The maximum atomic E-state index is 11.3. The van der Waals surface area contributed by atoms with Crippen LogP contribution in [-0.4, -0.2) is 11.8 Å². The number of nitrogens with one attached hydrogen (secondary N) is 1. The molecule has 0 fully saturated rings. The van der Waals surface area contributed by atoms with Gasteiger partial charge in [0.05, 0.1) is 22.1 Å². The highest BCUT2D eigenvalue weighted by molar-refractivity contribution is 7.85. The normalized spacial score (nSPS) is 15.3. The first-order valence-electron chi connectivity index (χ1n) is 3.86. The standard InChI is InChI=1S/C9H8N2O2S/c1-4(2)5(3-10)6-7(14)9(13)11-8(6)12/h1-2H3,(H2,11,12,13,14). The monoisotopic (exact) mass is 208 g/mol. The van der Waals surface area contributed by atoms with Crippen molar-refractivity contribution in [2.24, 2.45) is 0 Å². The van der Waals surface area contributed by atoms with Gasteiger partial charge in [0, 0.05) is 0 Å². The van der Waals surface area contributed by atoms with Crippen molar-refractivity contribution < 1.29 is 9.59 Å². The number of amides is 2. The molecule has 1 aliphatic rings. The van der Waals surface area contributed by atoms with Crippen molar-refractivity contribution in [3.05, 3.63) is 21.6 Å². The average Bonchev–Trinajstić information content (AvgIpc) is 2.32. The van der Waals surface area contributed by atoms with Crippen LogP contribution in [0, 0.1) is 11.3 Å². The molecule has 2 amide bonds. The summed E-state index contributed by atoms with van der Waals surface area (Å²) < 4.78 is 0. The molecule has 1 rings (SSSR count). The van der Waals surface area contributed by atoms with Crippen molar-refractivity contribution in [1.82, 2.24) is 5.32 Å². The average molecular weight is 208 g/mol. The number of carbonyl (C=O) groups excluding carboxylic acids is 2. The number of nitrogens with zero attached hydrogens (tertiary/aromatic N) is 1. The van der Waals surface area contributed by atoms with E-state index in [1.54, 1.807) is 13.8 Å². The smallest absolute Gasteiger partial charge is 0.265 e. The summed E-state index contributed by atoms with van der Waals surface area (Å²) in [6, 6.07) is 1.88. The lowest BCUT2D eigenvalue weighted by molar-refractivity contribution is -0.123. The van der Waals surface area contributed by atoms with Crippen LogP contribution >= 0.6 is 12.6 Å². The molecule has 1 heterocycles. The summed E-state index contributed by atoms with van der Waals surface area (Å²) >= 11 is 3.89. The molecule has 0 aromatic carbocycles. The Morgan fingerprint density at radius 2 is 1.93 bits per heavy atom. The van der Waals surface area contributed by atoms with E-state index in [2.05, 4.69) is 17.9 Å². The maximum Gasteiger partial charge on any atom is 0.265 e. The number of imide groups is 1. The van der Waals surface area contributed by atoms with Gasteiger partial charge in [-0.2, -0.15) is 5.26 Å². The van der Waals surface area contributed by atoms with Crippen LogP contribution in [0.1, 0.15) is 13.8 Å². The molecule has 0 atom stereocenters. The Morgan fingerprint density at radius 3 is 2.21 bits per heavy atom. The van der Waals surface area contributed by atoms with Crippen LogP contribution in [-0.2, 0) is 9.59 Å². The summed E-state index contributed by atoms with van der Waals surface area (Å²) in [6.07, 6.45) is 0. The largest absolute Gasteiger partial charge is 0.288 e. The van der Waals surface area contributed by atoms with E-state index in [4.69, 9.17) is 5.26 Å². The minimum Gasteiger partial charge on any atom is -0.288 e. The zero-order chi connectivity index (χ0) is 10.9. The predicted molar refractivity (Wildman–Crippen MR) is 53.1 cm³/mol. The fourth-order valence-electron chi connectivity index (χ4n) is 1.10. The Balaban J connectivity index is 3.37. The molecule has 0 aromatic rings. The molecule has 1 aliphatic heterocycles. The number of hydrogen-bond donors (Lipinski definition) is 2. The van der Waals surface area contributed by atoms with E-state index >= 15 is 0 Å². The molecule has 1 N–H and O–H groups in total. The van der Waals surface area contributed by atoms with Crippen LogP contribution in [0.2, 0.25) is 0 Å². The number of rotatable bonds is 1. The van der Waals surface area contributed by atoms with Crippen molar-refractivity contribution in [3.8, 4) is 6.07 Å². The highest BCUT2D eigenvalue weighted by Crippen LogP contribution is 2.24. The Kier molecular flexibility index (Phi) is 2.77. The first-order valence-corrected chi connectivity index (χ1v) is 4.30. The minimum atomic E-state index is -0.558. The van der Waals surface area contributed by atoms with Gasteiger partial charge in [-0.3, -0.25) is 14.9 Å². The number of carbonyl (C=O) groups is 2. The van der Waals surface area contributed by atoms with Gasteiger partial charge in [-0.25, -0.2) is 0 Å². The molecule has 0 saturated carbocycles. The number of hydrogen-bond acceptors (Lipinski definition) is 4. The van der Waals surface area contributed by atoms with E-state index in [0.29, 0.717) is 5.57 Å². The first-order chi connectivity index (χ1) is 6.49. The lowest BCUT2D eigenvalue weighted by atomic mass is 10.0. The van der Waals surface area contributed by atoms with Crippen LogP contribution in [0.4, 0.5) is 0 Å². The van der Waals surface area contributed by atoms with Crippen LogP contribution in [0.25, 0.3) is 0 Å². The molecule has 0 aliphatic carbocycles. The fraction of sp³-hybridized carbons (Fsp3) is 0.222. The summed E-state index contributed by atoms with van der Waals surface area (Å²) in [5, 5.41) is 10.9. The second-order valence-electron chi connectivity index (χ2n) is 2.99. The molecular formula is C9H8N2O2S. The highest BCUT2D eigenvalue weighted by Gasteiger charge is 2.30. The third-order valence-electron chi connectivity index (χ3n) is 1.77. The first kappa shape index (κ1) is 10.5. The van der Waals surface area contributed by atoms with Gasteiger partial charge in [0.2, 0.25) is 0 Å². The summed E-state index contributed by atoms with van der Waals surface area (Å²) in [7, 11) is 0. The third kappa shape index (κ3) is 1.56. The topological polar surface area (TPSA) is 70.0 Å². The van der Waals surface area contributed by atoms with Gasteiger partial charge in [0.1, 0.15) is 0 Å². The van der Waals surface area contributed by atoms with Gasteiger partial charge < -0.3 is 0 Å². The fourth-order valence-corrected chi connectivity index (χ4v) is 1.36. The predicted octanol–water partition coefficient (Wildman–Crippen LogP) is 0.687. The van der Waals surface area contributed by atoms with Crippen molar-refractivity contribution in [3.63, 3.8) is 0 Å². The van der Waals surface area contributed by atoms with E-state index in [9.17, 15) is 9.59 Å². The zero-order valence-electron chi connectivity index (χ0n) is 7.71. The van der Waals surface area contributed by atoms with Crippen molar-refractivity contribution in [2.45, 2.75) is 13.8 Å². The second-order valence-corrected chi connectivity index (χ2v) is 3.44. The lowest BCUT2D eigenvalue weighted by Gasteiger charge is -1.99. The van der Waals surface area contributed by atoms with Gasteiger partial charge in [0.25, 0.3) is 11.8 Å². The van der Waals surface area contributed by atoms with E-state index < -0.39 is 11.8 Å². The van der Waals surface area contributed by atoms with Crippen LogP contribution in [0.5, 0.6) is 0 Å². The molecule has 5 heteroatoms. The molecule has 0 aromatic heterocycles.